The number of amides is 1. The predicted octanol–water partition coefficient (Wildman–Crippen LogP) is 2.15. The maximum atomic E-state index is 12.7. The Kier molecular flexibility index (Phi) is 4.79. The molecule has 1 amide bonds. The van der Waals surface area contributed by atoms with Crippen LogP contribution in [0.1, 0.15) is 29.1 Å². The zero-order chi connectivity index (χ0) is 19.8. The van der Waals surface area contributed by atoms with Crippen LogP contribution in [0.2, 0.25) is 0 Å². The number of hydrogen-bond acceptors (Lipinski definition) is 6. The number of carbonyl (C=O) groups is 1. The van der Waals surface area contributed by atoms with Crippen LogP contribution in [0.5, 0.6) is 0 Å². The number of aromatic amines is 1. The van der Waals surface area contributed by atoms with Crippen molar-refractivity contribution >= 4 is 33.1 Å². The van der Waals surface area contributed by atoms with Gasteiger partial charge in [0, 0.05) is 62.0 Å². The number of aryl methyl sites for hydroxylation is 3. The molecule has 1 N–H and O–H groups in total. The van der Waals surface area contributed by atoms with Crippen molar-refractivity contribution in [2.45, 2.75) is 32.1 Å². The summed E-state index contributed by atoms with van der Waals surface area (Å²) in [6, 6.07) is 3.99. The van der Waals surface area contributed by atoms with Crippen LogP contribution in [-0.2, 0) is 24.1 Å². The van der Waals surface area contributed by atoms with E-state index in [1.807, 2.05) is 17.0 Å². The Morgan fingerprint density at radius 3 is 2.72 bits per heavy atom. The molecular weight excluding hydrogens is 386 g/mol. The summed E-state index contributed by atoms with van der Waals surface area (Å²) in [6.45, 7) is 3.05. The smallest absolute Gasteiger partial charge is 0.259 e. The number of thiophene rings is 1. The maximum Gasteiger partial charge on any atom is 0.259 e. The van der Waals surface area contributed by atoms with E-state index in [9.17, 15) is 9.59 Å². The van der Waals surface area contributed by atoms with E-state index in [2.05, 4.69) is 19.9 Å². The van der Waals surface area contributed by atoms with Crippen molar-refractivity contribution in [2.75, 3.05) is 31.1 Å². The molecule has 0 unspecified atom stereocenters. The lowest BCUT2D eigenvalue weighted by atomic mass is 10.2. The molecule has 8 heteroatoms. The molecule has 0 spiro atoms. The Morgan fingerprint density at radius 2 is 1.93 bits per heavy atom. The van der Waals surface area contributed by atoms with E-state index in [1.165, 1.54) is 10.4 Å². The highest BCUT2D eigenvalue weighted by Crippen LogP contribution is 2.34. The average molecular weight is 410 g/mol. The fourth-order valence-corrected chi connectivity index (χ4v) is 5.60. The van der Waals surface area contributed by atoms with Crippen molar-refractivity contribution in [3.05, 3.63) is 51.1 Å². The highest BCUT2D eigenvalue weighted by molar-refractivity contribution is 7.18. The van der Waals surface area contributed by atoms with E-state index in [1.54, 1.807) is 23.7 Å². The van der Waals surface area contributed by atoms with Gasteiger partial charge in [-0.15, -0.1) is 11.3 Å². The number of rotatable bonds is 4. The van der Waals surface area contributed by atoms with E-state index < -0.39 is 0 Å². The quantitative estimate of drug-likeness (QED) is 0.714. The van der Waals surface area contributed by atoms with Gasteiger partial charge in [-0.05, 0) is 37.0 Å². The molecule has 150 valence electrons. The number of H-pyrrole nitrogens is 1. The second-order valence-corrected chi connectivity index (χ2v) is 8.71. The summed E-state index contributed by atoms with van der Waals surface area (Å²) in [6.07, 6.45) is 7.57. The molecule has 7 nitrogen and oxygen atoms in total. The Labute approximate surface area is 172 Å². The number of piperazine rings is 1. The van der Waals surface area contributed by atoms with Gasteiger partial charge in [0.05, 0.1) is 5.39 Å². The summed E-state index contributed by atoms with van der Waals surface area (Å²) in [7, 11) is 0. The first-order valence-electron chi connectivity index (χ1n) is 10.2. The molecule has 0 radical (unpaired) electrons. The summed E-state index contributed by atoms with van der Waals surface area (Å²) < 4.78 is 0. The lowest BCUT2D eigenvalue weighted by Crippen LogP contribution is -2.48. The van der Waals surface area contributed by atoms with E-state index in [-0.39, 0.29) is 11.5 Å². The first-order chi connectivity index (χ1) is 14.2. The maximum absolute atomic E-state index is 12.7. The molecule has 1 fully saturated rings. The molecule has 29 heavy (non-hydrogen) atoms. The monoisotopic (exact) mass is 409 g/mol. The number of pyridine rings is 1. The highest BCUT2D eigenvalue weighted by Gasteiger charge is 2.23. The fraction of sp³-hybridized carbons (Fsp3) is 0.429. The van der Waals surface area contributed by atoms with Crippen molar-refractivity contribution in [1.82, 2.24) is 19.9 Å². The molecule has 0 bridgehead atoms. The summed E-state index contributed by atoms with van der Waals surface area (Å²) in [5.74, 6) is 0.738. The Bertz CT molecular complexity index is 1100. The number of nitrogens with zero attached hydrogens (tertiary/aromatic N) is 4. The summed E-state index contributed by atoms with van der Waals surface area (Å²) in [5.41, 5.74) is 2.28. The first-order valence-corrected chi connectivity index (χ1v) is 11.0. The lowest BCUT2D eigenvalue weighted by Gasteiger charge is -2.36. The number of hydrogen-bond donors (Lipinski definition) is 1. The minimum absolute atomic E-state index is 0.0529. The lowest BCUT2D eigenvalue weighted by molar-refractivity contribution is -0.131. The minimum atomic E-state index is -0.0529. The van der Waals surface area contributed by atoms with Crippen LogP contribution in [0.15, 0.2) is 29.3 Å². The number of anilines is 1. The molecule has 1 saturated heterocycles. The number of nitrogens with one attached hydrogen (secondary N) is 1. The Morgan fingerprint density at radius 1 is 1.14 bits per heavy atom. The molecule has 4 heterocycles. The molecular formula is C21H23N5O2S. The molecule has 1 aliphatic carbocycles. The molecule has 2 aliphatic rings. The van der Waals surface area contributed by atoms with Gasteiger partial charge in [0.1, 0.15) is 10.7 Å². The number of aromatic nitrogens is 3. The fourth-order valence-electron chi connectivity index (χ4n) is 4.32. The van der Waals surface area contributed by atoms with Crippen LogP contribution in [0.4, 0.5) is 5.69 Å². The standard InChI is InChI=1S/C21H23N5O2S/c27-18(26-12-10-25(11-13-26)14-6-8-22-9-7-14)5-4-17-23-20(28)19-15-2-1-3-16(15)29-21(19)24-17/h6-9H,1-5,10-13H2,(H,23,24,28). The van der Waals surface area contributed by atoms with Gasteiger partial charge in [-0.3, -0.25) is 14.6 Å². The Balaban J connectivity index is 1.21. The van der Waals surface area contributed by atoms with Crippen LogP contribution in [0, 0.1) is 0 Å². The van der Waals surface area contributed by atoms with Crippen LogP contribution >= 0.6 is 11.3 Å². The summed E-state index contributed by atoms with van der Waals surface area (Å²) >= 11 is 1.64. The SMILES string of the molecule is O=C(CCc1nc2sc3c(c2c(=O)[nH]1)CCC3)N1CCN(c2ccncc2)CC1. The van der Waals surface area contributed by atoms with Crippen molar-refractivity contribution in [3.8, 4) is 0 Å². The van der Waals surface area contributed by atoms with Crippen LogP contribution < -0.4 is 10.5 Å². The molecule has 0 atom stereocenters. The van der Waals surface area contributed by atoms with Crippen LogP contribution in [0.25, 0.3) is 10.2 Å². The van der Waals surface area contributed by atoms with Crippen molar-refractivity contribution in [3.63, 3.8) is 0 Å². The van der Waals surface area contributed by atoms with E-state index in [4.69, 9.17) is 0 Å². The molecule has 1 aliphatic heterocycles. The molecule has 0 aromatic carbocycles. The topological polar surface area (TPSA) is 82.2 Å². The first kappa shape index (κ1) is 18.3. The van der Waals surface area contributed by atoms with Crippen molar-refractivity contribution < 1.29 is 4.79 Å². The molecule has 3 aromatic heterocycles. The van der Waals surface area contributed by atoms with E-state index in [0.29, 0.717) is 31.8 Å². The van der Waals surface area contributed by atoms with Crippen molar-refractivity contribution in [1.29, 1.82) is 0 Å². The largest absolute Gasteiger partial charge is 0.368 e. The van der Waals surface area contributed by atoms with E-state index >= 15 is 0 Å². The predicted molar refractivity (Wildman–Crippen MR) is 114 cm³/mol. The third kappa shape index (κ3) is 3.53. The van der Waals surface area contributed by atoms with Gasteiger partial charge in [-0.2, -0.15) is 0 Å². The third-order valence-electron chi connectivity index (χ3n) is 5.86. The van der Waals surface area contributed by atoms with Crippen LogP contribution in [-0.4, -0.2) is 51.9 Å². The number of carbonyl (C=O) groups excluding carboxylic acids is 1. The van der Waals surface area contributed by atoms with Gasteiger partial charge in [0.2, 0.25) is 5.91 Å². The normalized spacial score (nSPS) is 16.4. The summed E-state index contributed by atoms with van der Waals surface area (Å²) in [4.78, 5) is 43.1. The van der Waals surface area contributed by atoms with Crippen molar-refractivity contribution in [2.24, 2.45) is 0 Å². The number of fused-ring (bicyclic) bond motifs is 3. The van der Waals surface area contributed by atoms with Gasteiger partial charge >= 0.3 is 0 Å². The molecule has 5 rings (SSSR count). The van der Waals surface area contributed by atoms with Crippen LogP contribution in [0.3, 0.4) is 0 Å². The Hall–Kier alpha value is -2.74. The zero-order valence-corrected chi connectivity index (χ0v) is 17.0. The third-order valence-corrected chi connectivity index (χ3v) is 7.05. The summed E-state index contributed by atoms with van der Waals surface area (Å²) in [5, 5.41) is 0.768. The second-order valence-electron chi connectivity index (χ2n) is 7.62. The zero-order valence-electron chi connectivity index (χ0n) is 16.2. The van der Waals surface area contributed by atoms with Gasteiger partial charge in [0.25, 0.3) is 5.56 Å². The van der Waals surface area contributed by atoms with Gasteiger partial charge in [-0.25, -0.2) is 4.98 Å². The van der Waals surface area contributed by atoms with Gasteiger partial charge < -0.3 is 14.8 Å². The van der Waals surface area contributed by atoms with Gasteiger partial charge in [-0.1, -0.05) is 0 Å². The molecule has 3 aromatic rings. The minimum Gasteiger partial charge on any atom is -0.368 e. The molecule has 0 saturated carbocycles. The van der Waals surface area contributed by atoms with E-state index in [0.717, 1.165) is 48.3 Å². The highest BCUT2D eigenvalue weighted by atomic mass is 32.1. The average Bonchev–Trinajstić information content (AvgIpc) is 3.34. The second kappa shape index (κ2) is 7.59. The van der Waals surface area contributed by atoms with Gasteiger partial charge in [0.15, 0.2) is 0 Å².